The maximum absolute atomic E-state index is 11.9. The van der Waals surface area contributed by atoms with Crippen molar-refractivity contribution in [2.24, 2.45) is 0 Å². The minimum atomic E-state index is -0.0805. The van der Waals surface area contributed by atoms with Crippen LogP contribution >= 0.6 is 0 Å². The Morgan fingerprint density at radius 2 is 1.93 bits per heavy atom. The Bertz CT molecular complexity index is 315. The highest BCUT2D eigenvalue weighted by Crippen LogP contribution is 2.01. The monoisotopic (exact) mass is 210 g/mol. The van der Waals surface area contributed by atoms with Crippen molar-refractivity contribution in [3.05, 3.63) is 11.6 Å². The molecule has 1 aromatic heterocycles. The first-order valence-electron chi connectivity index (χ1n) is 5.37. The summed E-state index contributed by atoms with van der Waals surface area (Å²) in [6.45, 7) is 7.42. The molecule has 0 aliphatic carbocycles. The molecule has 0 bridgehead atoms. The lowest BCUT2D eigenvalue weighted by molar-refractivity contribution is 0.0743. The van der Waals surface area contributed by atoms with Crippen LogP contribution in [0.3, 0.4) is 0 Å². The zero-order valence-corrected chi connectivity index (χ0v) is 9.58. The molecule has 0 aromatic carbocycles. The van der Waals surface area contributed by atoms with Gasteiger partial charge in [0.15, 0.2) is 0 Å². The van der Waals surface area contributed by atoms with Crippen molar-refractivity contribution < 1.29 is 4.79 Å². The molecule has 0 aliphatic rings. The normalized spacial score (nSPS) is 10.3. The predicted molar refractivity (Wildman–Crippen MR) is 57.6 cm³/mol. The van der Waals surface area contributed by atoms with Gasteiger partial charge in [0.25, 0.3) is 5.91 Å². The number of hydrogen-bond donors (Lipinski definition) is 1. The van der Waals surface area contributed by atoms with Crippen LogP contribution in [0.25, 0.3) is 0 Å². The number of amides is 1. The van der Waals surface area contributed by atoms with Gasteiger partial charge in [0.05, 0.1) is 0 Å². The minimum Gasteiger partial charge on any atom is -0.336 e. The zero-order valence-electron chi connectivity index (χ0n) is 9.58. The van der Waals surface area contributed by atoms with E-state index >= 15 is 0 Å². The summed E-state index contributed by atoms with van der Waals surface area (Å²) in [5.74, 6) is 0.865. The molecule has 0 saturated carbocycles. The van der Waals surface area contributed by atoms with Crippen molar-refractivity contribution in [2.75, 3.05) is 13.1 Å². The first-order chi connectivity index (χ1) is 7.19. The molecular weight excluding hydrogens is 192 g/mol. The Morgan fingerprint density at radius 1 is 1.33 bits per heavy atom. The van der Waals surface area contributed by atoms with E-state index in [0.717, 1.165) is 25.9 Å². The van der Waals surface area contributed by atoms with Crippen molar-refractivity contribution in [1.29, 1.82) is 0 Å². The summed E-state index contributed by atoms with van der Waals surface area (Å²) in [7, 11) is 0. The van der Waals surface area contributed by atoms with E-state index < -0.39 is 0 Å². The van der Waals surface area contributed by atoms with E-state index in [9.17, 15) is 4.79 Å². The van der Waals surface area contributed by atoms with E-state index in [1.807, 2.05) is 0 Å². The molecule has 0 spiro atoms. The first kappa shape index (κ1) is 11.7. The van der Waals surface area contributed by atoms with E-state index in [2.05, 4.69) is 29.0 Å². The Labute approximate surface area is 89.9 Å². The highest BCUT2D eigenvalue weighted by Gasteiger charge is 2.17. The van der Waals surface area contributed by atoms with E-state index in [4.69, 9.17) is 0 Å². The predicted octanol–water partition coefficient (Wildman–Crippen LogP) is 1.38. The molecule has 0 aliphatic heterocycles. The number of hydrogen-bond acceptors (Lipinski definition) is 3. The molecule has 5 nitrogen and oxygen atoms in total. The fraction of sp³-hybridized carbons (Fsp3) is 0.700. The third kappa shape index (κ3) is 3.04. The molecule has 15 heavy (non-hydrogen) atoms. The van der Waals surface area contributed by atoms with E-state index in [1.54, 1.807) is 11.8 Å². The van der Waals surface area contributed by atoms with Crippen LogP contribution in [-0.2, 0) is 0 Å². The maximum Gasteiger partial charge on any atom is 0.293 e. The Balaban J connectivity index is 2.71. The van der Waals surface area contributed by atoms with E-state index in [0.29, 0.717) is 5.82 Å². The van der Waals surface area contributed by atoms with Gasteiger partial charge in [-0.2, -0.15) is 0 Å². The van der Waals surface area contributed by atoms with Gasteiger partial charge in [0.2, 0.25) is 5.82 Å². The van der Waals surface area contributed by atoms with E-state index in [1.165, 1.54) is 0 Å². The summed E-state index contributed by atoms with van der Waals surface area (Å²) in [4.78, 5) is 17.8. The second kappa shape index (κ2) is 5.48. The molecule has 1 amide bonds. The number of aromatic amines is 1. The van der Waals surface area contributed by atoms with E-state index in [-0.39, 0.29) is 11.7 Å². The second-order valence-corrected chi connectivity index (χ2v) is 3.54. The number of aryl methyl sites for hydroxylation is 1. The molecule has 0 fully saturated rings. The number of aromatic nitrogens is 3. The molecule has 1 heterocycles. The topological polar surface area (TPSA) is 61.9 Å². The highest BCUT2D eigenvalue weighted by molar-refractivity contribution is 5.90. The fourth-order valence-electron chi connectivity index (χ4n) is 1.43. The second-order valence-electron chi connectivity index (χ2n) is 3.54. The Hall–Kier alpha value is -1.39. The van der Waals surface area contributed by atoms with Gasteiger partial charge in [-0.1, -0.05) is 13.8 Å². The molecular formula is C10H18N4O. The average molecular weight is 210 g/mol. The van der Waals surface area contributed by atoms with Crippen molar-refractivity contribution in [1.82, 2.24) is 20.1 Å². The fourth-order valence-corrected chi connectivity index (χ4v) is 1.43. The van der Waals surface area contributed by atoms with Gasteiger partial charge in [-0.05, 0) is 19.8 Å². The van der Waals surface area contributed by atoms with Crippen LogP contribution in [0.4, 0.5) is 0 Å². The largest absolute Gasteiger partial charge is 0.336 e. The number of carbonyl (C=O) groups is 1. The van der Waals surface area contributed by atoms with Gasteiger partial charge in [-0.15, -0.1) is 5.10 Å². The number of H-pyrrole nitrogens is 1. The van der Waals surface area contributed by atoms with Crippen molar-refractivity contribution in [2.45, 2.75) is 33.6 Å². The van der Waals surface area contributed by atoms with Crippen LogP contribution in [0, 0.1) is 6.92 Å². The molecule has 0 unspecified atom stereocenters. The lowest BCUT2D eigenvalue weighted by atomic mass is 10.3. The molecule has 1 N–H and O–H groups in total. The first-order valence-corrected chi connectivity index (χ1v) is 5.37. The standard InChI is InChI=1S/C10H18N4O/c1-4-6-14(7-5-2)10(15)9-11-8(3)12-13-9/h4-7H2,1-3H3,(H,11,12,13). The summed E-state index contributed by atoms with van der Waals surface area (Å²) in [5.41, 5.74) is 0. The molecule has 0 radical (unpaired) electrons. The summed E-state index contributed by atoms with van der Waals surface area (Å²) in [6.07, 6.45) is 1.91. The SMILES string of the molecule is CCCN(CCC)C(=O)c1n[nH]c(C)n1. The molecule has 84 valence electrons. The van der Waals surface area contributed by atoms with Gasteiger partial charge >= 0.3 is 0 Å². The third-order valence-corrected chi connectivity index (χ3v) is 2.06. The van der Waals surface area contributed by atoms with Crippen molar-refractivity contribution in [3.63, 3.8) is 0 Å². The van der Waals surface area contributed by atoms with Crippen LogP contribution in [0.5, 0.6) is 0 Å². The van der Waals surface area contributed by atoms with Crippen molar-refractivity contribution in [3.8, 4) is 0 Å². The van der Waals surface area contributed by atoms with Crippen LogP contribution in [0.2, 0.25) is 0 Å². The van der Waals surface area contributed by atoms with Gasteiger partial charge < -0.3 is 4.90 Å². The number of carbonyl (C=O) groups excluding carboxylic acids is 1. The summed E-state index contributed by atoms with van der Waals surface area (Å²) >= 11 is 0. The highest BCUT2D eigenvalue weighted by atomic mass is 16.2. The van der Waals surface area contributed by atoms with Gasteiger partial charge in [-0.25, -0.2) is 4.98 Å². The molecule has 1 aromatic rings. The molecule has 1 rings (SSSR count). The minimum absolute atomic E-state index is 0.0805. The third-order valence-electron chi connectivity index (χ3n) is 2.06. The van der Waals surface area contributed by atoms with Crippen LogP contribution < -0.4 is 0 Å². The van der Waals surface area contributed by atoms with Gasteiger partial charge in [0, 0.05) is 13.1 Å². The summed E-state index contributed by atoms with van der Waals surface area (Å²) in [6, 6.07) is 0. The molecule has 5 heteroatoms. The molecule has 0 atom stereocenters. The lowest BCUT2D eigenvalue weighted by Crippen LogP contribution is -2.33. The van der Waals surface area contributed by atoms with Gasteiger partial charge in [-0.3, -0.25) is 9.89 Å². The van der Waals surface area contributed by atoms with Crippen LogP contribution in [0.15, 0.2) is 0 Å². The summed E-state index contributed by atoms with van der Waals surface area (Å²) < 4.78 is 0. The molecule has 0 saturated heterocycles. The zero-order chi connectivity index (χ0) is 11.3. The summed E-state index contributed by atoms with van der Waals surface area (Å²) in [5, 5.41) is 6.55. The van der Waals surface area contributed by atoms with Crippen LogP contribution in [0.1, 0.15) is 43.1 Å². The average Bonchev–Trinajstić information content (AvgIpc) is 2.63. The van der Waals surface area contributed by atoms with Crippen molar-refractivity contribution >= 4 is 5.91 Å². The smallest absolute Gasteiger partial charge is 0.293 e. The Morgan fingerprint density at radius 3 is 2.33 bits per heavy atom. The van der Waals surface area contributed by atoms with Crippen LogP contribution in [-0.4, -0.2) is 39.1 Å². The number of nitrogens with zero attached hydrogens (tertiary/aromatic N) is 3. The number of rotatable bonds is 5. The Kier molecular flexibility index (Phi) is 4.27. The lowest BCUT2D eigenvalue weighted by Gasteiger charge is -2.19. The van der Waals surface area contributed by atoms with Gasteiger partial charge in [0.1, 0.15) is 5.82 Å². The number of nitrogens with one attached hydrogen (secondary N) is 1. The maximum atomic E-state index is 11.9. The quantitative estimate of drug-likeness (QED) is 0.798.